The maximum absolute atomic E-state index is 13.2. The van der Waals surface area contributed by atoms with Crippen molar-refractivity contribution in [2.45, 2.75) is 19.3 Å². The average molecular weight is 434 g/mol. The number of ketones is 1. The molecule has 0 saturated heterocycles. The molecule has 3 N–H and O–H groups in total. The summed E-state index contributed by atoms with van der Waals surface area (Å²) in [5, 5.41) is 16.6. The number of aromatic nitrogens is 1. The average Bonchev–Trinajstić information content (AvgIpc) is 2.74. The SMILES string of the molecule is CC(=O)N1N=Cc2c(cccc2[C@@H](CN)C(=O)Cc2ccc3cnccc3c2)B1O.S. The van der Waals surface area contributed by atoms with Crippen molar-refractivity contribution in [2.75, 3.05) is 6.54 Å². The first-order chi connectivity index (χ1) is 14.5. The molecule has 2 heterocycles. The van der Waals surface area contributed by atoms with Crippen molar-refractivity contribution >= 4 is 54.7 Å². The summed E-state index contributed by atoms with van der Waals surface area (Å²) in [6, 6.07) is 13.1. The van der Waals surface area contributed by atoms with Gasteiger partial charge in [-0.3, -0.25) is 14.6 Å². The number of nitrogens with zero attached hydrogens (tertiary/aromatic N) is 3. The third kappa shape index (κ3) is 4.39. The van der Waals surface area contributed by atoms with Gasteiger partial charge in [-0.15, -0.1) is 0 Å². The van der Waals surface area contributed by atoms with Crippen LogP contribution in [0.4, 0.5) is 0 Å². The lowest BCUT2D eigenvalue weighted by Gasteiger charge is -2.27. The summed E-state index contributed by atoms with van der Waals surface area (Å²) in [7, 11) is -1.19. The zero-order chi connectivity index (χ0) is 21.3. The number of nitrogens with two attached hydrogens (primary N) is 1. The van der Waals surface area contributed by atoms with Gasteiger partial charge >= 0.3 is 7.05 Å². The summed E-state index contributed by atoms with van der Waals surface area (Å²) in [6.45, 7) is 1.47. The Morgan fingerprint density at radius 2 is 2.00 bits per heavy atom. The number of carbonyl (C=O) groups excluding carboxylic acids is 2. The van der Waals surface area contributed by atoms with Crippen molar-refractivity contribution < 1.29 is 14.6 Å². The Hall–Kier alpha value is -3.01. The van der Waals surface area contributed by atoms with Crippen LogP contribution in [0.25, 0.3) is 10.8 Å². The molecule has 7 nitrogen and oxygen atoms in total. The first-order valence-electron chi connectivity index (χ1n) is 9.69. The molecule has 1 amide bonds. The molecular formula is C22H23BN4O3S. The molecule has 0 bridgehead atoms. The van der Waals surface area contributed by atoms with Crippen molar-refractivity contribution in [2.24, 2.45) is 10.8 Å². The van der Waals surface area contributed by atoms with Gasteiger partial charge in [0.2, 0.25) is 5.91 Å². The molecule has 0 spiro atoms. The van der Waals surface area contributed by atoms with Gasteiger partial charge in [0.25, 0.3) is 0 Å². The van der Waals surface area contributed by atoms with Gasteiger partial charge in [0.15, 0.2) is 0 Å². The molecule has 2 aromatic carbocycles. The molecule has 31 heavy (non-hydrogen) atoms. The topological polar surface area (TPSA) is 109 Å². The Morgan fingerprint density at radius 3 is 2.74 bits per heavy atom. The van der Waals surface area contributed by atoms with Crippen LogP contribution in [0.2, 0.25) is 0 Å². The van der Waals surface area contributed by atoms with Crippen LogP contribution in [0.5, 0.6) is 0 Å². The molecule has 9 heteroatoms. The molecule has 158 valence electrons. The first kappa shape index (κ1) is 22.7. The van der Waals surface area contributed by atoms with Crippen LogP contribution < -0.4 is 11.2 Å². The zero-order valence-corrected chi connectivity index (χ0v) is 18.0. The minimum absolute atomic E-state index is 0. The molecular weight excluding hydrogens is 411 g/mol. The van der Waals surface area contributed by atoms with E-state index in [4.69, 9.17) is 5.73 Å². The Kier molecular flexibility index (Phi) is 6.89. The van der Waals surface area contributed by atoms with Crippen LogP contribution in [-0.2, 0) is 16.0 Å². The highest BCUT2D eigenvalue weighted by atomic mass is 32.1. The van der Waals surface area contributed by atoms with E-state index in [-0.39, 0.29) is 38.2 Å². The van der Waals surface area contributed by atoms with E-state index >= 15 is 0 Å². The Morgan fingerprint density at radius 1 is 1.19 bits per heavy atom. The van der Waals surface area contributed by atoms with Gasteiger partial charge in [0.1, 0.15) is 5.78 Å². The summed E-state index contributed by atoms with van der Waals surface area (Å²) >= 11 is 0. The van der Waals surface area contributed by atoms with E-state index in [9.17, 15) is 14.6 Å². The van der Waals surface area contributed by atoms with E-state index in [0.717, 1.165) is 21.3 Å². The number of rotatable bonds is 5. The first-order valence-corrected chi connectivity index (χ1v) is 9.69. The number of hydrogen-bond acceptors (Lipinski definition) is 6. The molecule has 0 aliphatic carbocycles. The fourth-order valence-electron chi connectivity index (χ4n) is 3.85. The smallest absolute Gasteiger partial charge is 0.427 e. The van der Waals surface area contributed by atoms with Crippen LogP contribution >= 0.6 is 13.5 Å². The van der Waals surface area contributed by atoms with Crippen LogP contribution in [0.15, 0.2) is 60.0 Å². The van der Waals surface area contributed by atoms with E-state index in [1.807, 2.05) is 30.3 Å². The molecule has 1 aliphatic rings. The van der Waals surface area contributed by atoms with Crippen LogP contribution in [0, 0.1) is 0 Å². The normalized spacial score (nSPS) is 13.5. The lowest BCUT2D eigenvalue weighted by molar-refractivity contribution is -0.125. The van der Waals surface area contributed by atoms with Gasteiger partial charge in [0, 0.05) is 37.7 Å². The number of carbonyl (C=O) groups is 2. The molecule has 1 atom stereocenters. The summed E-state index contributed by atoms with van der Waals surface area (Å²) in [5.41, 5.74) is 8.76. The molecule has 0 radical (unpaired) electrons. The maximum atomic E-state index is 13.2. The van der Waals surface area contributed by atoms with Crippen molar-refractivity contribution in [1.29, 1.82) is 0 Å². The van der Waals surface area contributed by atoms with Gasteiger partial charge in [-0.1, -0.05) is 36.4 Å². The third-order valence-electron chi connectivity index (χ3n) is 5.40. The number of Topliss-reactive ketones (excluding diaryl/α,β-unsaturated/α-hetero) is 1. The maximum Gasteiger partial charge on any atom is 0.474 e. The van der Waals surface area contributed by atoms with E-state index in [1.54, 1.807) is 24.5 Å². The summed E-state index contributed by atoms with van der Waals surface area (Å²) in [4.78, 5) is 29.9. The van der Waals surface area contributed by atoms with Gasteiger partial charge in [-0.25, -0.2) is 4.92 Å². The highest BCUT2D eigenvalue weighted by Crippen LogP contribution is 2.23. The van der Waals surface area contributed by atoms with Gasteiger partial charge in [0.05, 0.1) is 12.1 Å². The van der Waals surface area contributed by atoms with Gasteiger partial charge in [-0.05, 0) is 33.6 Å². The molecule has 0 saturated carbocycles. The quantitative estimate of drug-likeness (QED) is 0.585. The summed E-state index contributed by atoms with van der Waals surface area (Å²) < 4.78 is 0. The number of hydrogen-bond donors (Lipinski definition) is 2. The number of benzene rings is 2. The van der Waals surface area contributed by atoms with E-state index < -0.39 is 13.0 Å². The molecule has 0 fully saturated rings. The fourth-order valence-corrected chi connectivity index (χ4v) is 3.85. The second-order valence-corrected chi connectivity index (χ2v) is 7.32. The van der Waals surface area contributed by atoms with Gasteiger partial charge < -0.3 is 10.8 Å². The van der Waals surface area contributed by atoms with E-state index in [1.165, 1.54) is 13.1 Å². The predicted octanol–water partition coefficient (Wildman–Crippen LogP) is 1.09. The number of hydrazone groups is 1. The molecule has 3 aromatic rings. The fraction of sp³-hybridized carbons (Fsp3) is 0.182. The van der Waals surface area contributed by atoms with Gasteiger partial charge in [-0.2, -0.15) is 18.6 Å². The van der Waals surface area contributed by atoms with E-state index in [0.29, 0.717) is 16.6 Å². The van der Waals surface area contributed by atoms with Crippen LogP contribution in [0.1, 0.15) is 29.5 Å². The monoisotopic (exact) mass is 434 g/mol. The molecule has 0 unspecified atom stereocenters. The Bertz CT molecular complexity index is 1170. The molecule has 4 rings (SSSR count). The van der Waals surface area contributed by atoms with Crippen molar-refractivity contribution in [3.8, 4) is 0 Å². The molecule has 1 aromatic heterocycles. The van der Waals surface area contributed by atoms with Crippen LogP contribution in [-0.4, -0.2) is 46.4 Å². The van der Waals surface area contributed by atoms with Crippen molar-refractivity contribution in [3.63, 3.8) is 0 Å². The number of fused-ring (bicyclic) bond motifs is 2. The second kappa shape index (κ2) is 9.42. The standard InChI is InChI=1S/C22H21BN4O3.H2S/c1-14(28)27-23(30)21-4-2-3-18(20(21)13-26-27)19(11-24)22(29)10-15-5-6-17-12-25-8-7-16(17)9-15;/h2-9,12-13,19,30H,10-11,24H2,1H3;1H2/t19-;/m1./s1. The highest BCUT2D eigenvalue weighted by Gasteiger charge is 2.34. The molecule has 1 aliphatic heterocycles. The van der Waals surface area contributed by atoms with Crippen molar-refractivity contribution in [3.05, 3.63) is 71.5 Å². The second-order valence-electron chi connectivity index (χ2n) is 7.32. The highest BCUT2D eigenvalue weighted by molar-refractivity contribution is 7.59. The Balaban J connectivity index is 0.00000272. The minimum Gasteiger partial charge on any atom is -0.427 e. The van der Waals surface area contributed by atoms with E-state index in [2.05, 4.69) is 10.1 Å². The largest absolute Gasteiger partial charge is 0.474 e. The lowest BCUT2D eigenvalue weighted by Crippen LogP contribution is -2.52. The lowest BCUT2D eigenvalue weighted by atomic mass is 9.67. The summed E-state index contributed by atoms with van der Waals surface area (Å²) in [6.07, 6.45) is 5.26. The number of amides is 1. The predicted molar refractivity (Wildman–Crippen MR) is 127 cm³/mol. The van der Waals surface area contributed by atoms with Crippen LogP contribution in [0.3, 0.4) is 0 Å². The van der Waals surface area contributed by atoms with Crippen molar-refractivity contribution in [1.82, 2.24) is 9.90 Å². The number of pyridine rings is 1. The Labute approximate surface area is 187 Å². The third-order valence-corrected chi connectivity index (χ3v) is 5.40. The zero-order valence-electron chi connectivity index (χ0n) is 17.0. The minimum atomic E-state index is -1.19. The summed E-state index contributed by atoms with van der Waals surface area (Å²) in [5.74, 6) is -0.931.